The Kier molecular flexibility index (Phi) is 5.38. The second-order valence-corrected chi connectivity index (χ2v) is 6.94. The number of nitrogens with zero attached hydrogens (tertiary/aromatic N) is 3. The van der Waals surface area contributed by atoms with Gasteiger partial charge in [-0.3, -0.25) is 24.6 Å². The summed E-state index contributed by atoms with van der Waals surface area (Å²) < 4.78 is 5.11. The summed E-state index contributed by atoms with van der Waals surface area (Å²) in [6.45, 7) is 0. The lowest BCUT2D eigenvalue weighted by Crippen LogP contribution is -2.30. The predicted molar refractivity (Wildman–Crippen MR) is 115 cm³/mol. The molecule has 160 valence electrons. The van der Waals surface area contributed by atoms with Gasteiger partial charge in [0, 0.05) is 23.9 Å². The van der Waals surface area contributed by atoms with Crippen LogP contribution in [0.1, 0.15) is 17.2 Å². The monoisotopic (exact) mass is 431 g/mol. The van der Waals surface area contributed by atoms with Gasteiger partial charge in [-0.2, -0.15) is 0 Å². The lowest BCUT2D eigenvalue weighted by Gasteiger charge is -2.24. The second-order valence-electron chi connectivity index (χ2n) is 6.94. The number of amides is 1. The van der Waals surface area contributed by atoms with Gasteiger partial charge in [-0.15, -0.1) is 0 Å². The number of aliphatic hydroxyl groups is 1. The number of carbonyl (C=O) groups is 2. The number of carbonyl (C=O) groups excluding carboxylic acids is 2. The van der Waals surface area contributed by atoms with Gasteiger partial charge in [-0.1, -0.05) is 18.2 Å². The number of hydrogen-bond donors (Lipinski definition) is 1. The number of Topliss-reactive ketones (excluding diaryl/α,β-unsaturated/α-hetero) is 1. The molecule has 1 unspecified atom stereocenters. The van der Waals surface area contributed by atoms with E-state index < -0.39 is 28.4 Å². The summed E-state index contributed by atoms with van der Waals surface area (Å²) in [7, 11) is 1.50. The summed E-state index contributed by atoms with van der Waals surface area (Å²) in [5.74, 6) is -1.48. The maximum absolute atomic E-state index is 13.0. The summed E-state index contributed by atoms with van der Waals surface area (Å²) in [5, 5.41) is 22.3. The number of aromatic nitrogens is 1. The highest BCUT2D eigenvalue weighted by Gasteiger charge is 2.47. The van der Waals surface area contributed by atoms with Crippen molar-refractivity contribution in [3.8, 4) is 5.75 Å². The summed E-state index contributed by atoms with van der Waals surface area (Å²) in [4.78, 5) is 42.1. The predicted octanol–water partition coefficient (Wildman–Crippen LogP) is 3.62. The Hall–Kier alpha value is -4.53. The SMILES string of the molecule is COc1ccc(/C(O)=C2\C(=O)C(=O)N(c3ccccn3)C2c2cccc([N+](=O)[O-])c2)cc1. The molecule has 32 heavy (non-hydrogen) atoms. The second kappa shape index (κ2) is 8.31. The zero-order valence-corrected chi connectivity index (χ0v) is 16.8. The minimum Gasteiger partial charge on any atom is -0.507 e. The third kappa shape index (κ3) is 3.56. The highest BCUT2D eigenvalue weighted by atomic mass is 16.6. The first-order valence-electron chi connectivity index (χ1n) is 9.53. The van der Waals surface area contributed by atoms with Crippen LogP contribution in [0, 0.1) is 10.1 Å². The van der Waals surface area contributed by atoms with E-state index in [1.54, 1.807) is 48.5 Å². The molecule has 1 N–H and O–H groups in total. The Morgan fingerprint density at radius 3 is 2.47 bits per heavy atom. The molecule has 1 saturated heterocycles. The number of pyridine rings is 1. The Morgan fingerprint density at radius 1 is 1.09 bits per heavy atom. The lowest BCUT2D eigenvalue weighted by molar-refractivity contribution is -0.384. The summed E-state index contributed by atoms with van der Waals surface area (Å²) in [6, 6.07) is 15.6. The van der Waals surface area contributed by atoms with Crippen molar-refractivity contribution in [2.75, 3.05) is 12.0 Å². The molecular weight excluding hydrogens is 414 g/mol. The van der Waals surface area contributed by atoms with E-state index in [2.05, 4.69) is 4.98 Å². The first-order chi connectivity index (χ1) is 15.4. The largest absolute Gasteiger partial charge is 0.507 e. The van der Waals surface area contributed by atoms with Crippen LogP contribution in [0.3, 0.4) is 0 Å². The van der Waals surface area contributed by atoms with Gasteiger partial charge in [0.25, 0.3) is 11.5 Å². The van der Waals surface area contributed by atoms with Crippen LogP contribution < -0.4 is 9.64 Å². The van der Waals surface area contributed by atoms with E-state index >= 15 is 0 Å². The topological polar surface area (TPSA) is 123 Å². The number of benzene rings is 2. The van der Waals surface area contributed by atoms with Gasteiger partial charge in [-0.05, 0) is 42.0 Å². The van der Waals surface area contributed by atoms with E-state index in [0.717, 1.165) is 4.90 Å². The zero-order valence-electron chi connectivity index (χ0n) is 16.8. The third-order valence-corrected chi connectivity index (χ3v) is 5.10. The maximum atomic E-state index is 13.0. The Bertz CT molecular complexity index is 1240. The third-order valence-electron chi connectivity index (χ3n) is 5.10. The first kappa shape index (κ1) is 20.7. The number of ether oxygens (including phenoxy) is 1. The molecule has 2 heterocycles. The van der Waals surface area contributed by atoms with Gasteiger partial charge in [0.2, 0.25) is 0 Å². The molecule has 0 aliphatic carbocycles. The Labute approximate surface area is 182 Å². The van der Waals surface area contributed by atoms with Crippen LogP contribution >= 0.6 is 0 Å². The van der Waals surface area contributed by atoms with Crippen LogP contribution in [0.2, 0.25) is 0 Å². The quantitative estimate of drug-likeness (QED) is 0.215. The fraction of sp³-hybridized carbons (Fsp3) is 0.0870. The molecule has 1 fully saturated rings. The number of anilines is 1. The van der Waals surface area contributed by atoms with Crippen LogP contribution in [0.15, 0.2) is 78.5 Å². The van der Waals surface area contributed by atoms with Crippen molar-refractivity contribution >= 4 is 29.0 Å². The summed E-state index contributed by atoms with van der Waals surface area (Å²) in [6.07, 6.45) is 1.46. The van der Waals surface area contributed by atoms with Gasteiger partial charge in [0.15, 0.2) is 0 Å². The molecule has 0 bridgehead atoms. The molecule has 9 heteroatoms. The van der Waals surface area contributed by atoms with Crippen molar-refractivity contribution < 1.29 is 24.4 Å². The minimum absolute atomic E-state index is 0.180. The molecule has 1 aliphatic rings. The first-order valence-corrected chi connectivity index (χ1v) is 9.53. The van der Waals surface area contributed by atoms with Gasteiger partial charge >= 0.3 is 5.91 Å². The van der Waals surface area contributed by atoms with Crippen molar-refractivity contribution in [1.29, 1.82) is 0 Å². The van der Waals surface area contributed by atoms with Crippen LogP contribution in [-0.2, 0) is 9.59 Å². The van der Waals surface area contributed by atoms with E-state index in [1.807, 2.05) is 0 Å². The number of rotatable bonds is 5. The van der Waals surface area contributed by atoms with E-state index in [-0.39, 0.29) is 17.1 Å². The molecule has 1 atom stereocenters. The fourth-order valence-corrected chi connectivity index (χ4v) is 3.59. The van der Waals surface area contributed by atoms with Crippen molar-refractivity contribution in [1.82, 2.24) is 4.98 Å². The maximum Gasteiger partial charge on any atom is 0.301 e. The van der Waals surface area contributed by atoms with Crippen molar-refractivity contribution in [3.63, 3.8) is 0 Å². The standard InChI is InChI=1S/C23H17N3O6/c1-32-17-10-8-14(9-11-17)21(27)19-20(15-5-4-6-16(13-15)26(30)31)25(23(29)22(19)28)18-7-2-3-12-24-18/h2-13,20,27H,1H3/b21-19+. The summed E-state index contributed by atoms with van der Waals surface area (Å²) in [5.41, 5.74) is 0.184. The van der Waals surface area contributed by atoms with E-state index in [1.165, 1.54) is 31.5 Å². The molecule has 0 radical (unpaired) electrons. The molecule has 2 aromatic carbocycles. The molecule has 9 nitrogen and oxygen atoms in total. The highest BCUT2D eigenvalue weighted by molar-refractivity contribution is 6.51. The van der Waals surface area contributed by atoms with E-state index in [0.29, 0.717) is 16.9 Å². The van der Waals surface area contributed by atoms with Gasteiger partial charge in [0.05, 0.1) is 23.6 Å². The number of nitro groups is 1. The molecule has 1 amide bonds. The van der Waals surface area contributed by atoms with Crippen molar-refractivity contribution in [2.24, 2.45) is 0 Å². The number of hydrogen-bond acceptors (Lipinski definition) is 7. The normalized spacial score (nSPS) is 17.4. The van der Waals surface area contributed by atoms with Gasteiger partial charge < -0.3 is 9.84 Å². The van der Waals surface area contributed by atoms with E-state index in [9.17, 15) is 24.8 Å². The molecule has 0 spiro atoms. The minimum atomic E-state index is -1.10. The average molecular weight is 431 g/mol. The zero-order chi connectivity index (χ0) is 22.8. The summed E-state index contributed by atoms with van der Waals surface area (Å²) >= 11 is 0. The number of nitro benzene ring substituents is 1. The molecular formula is C23H17N3O6. The molecule has 3 aromatic rings. The van der Waals surface area contributed by atoms with Crippen LogP contribution in [-0.4, -0.2) is 33.8 Å². The number of methoxy groups -OCH3 is 1. The average Bonchev–Trinajstić information content (AvgIpc) is 3.09. The van der Waals surface area contributed by atoms with Crippen LogP contribution in [0.5, 0.6) is 5.75 Å². The van der Waals surface area contributed by atoms with Crippen LogP contribution in [0.25, 0.3) is 5.76 Å². The lowest BCUT2D eigenvalue weighted by atomic mass is 9.95. The number of non-ortho nitro benzene ring substituents is 1. The van der Waals surface area contributed by atoms with Gasteiger partial charge in [-0.25, -0.2) is 4.98 Å². The van der Waals surface area contributed by atoms with E-state index in [4.69, 9.17) is 4.74 Å². The fourth-order valence-electron chi connectivity index (χ4n) is 3.59. The number of aliphatic hydroxyl groups excluding tert-OH is 1. The van der Waals surface area contributed by atoms with Crippen molar-refractivity contribution in [2.45, 2.75) is 6.04 Å². The van der Waals surface area contributed by atoms with Crippen LogP contribution in [0.4, 0.5) is 11.5 Å². The smallest absolute Gasteiger partial charge is 0.301 e. The number of ketones is 1. The molecule has 4 rings (SSSR count). The molecule has 1 aliphatic heterocycles. The van der Waals surface area contributed by atoms with Crippen molar-refractivity contribution in [3.05, 3.63) is 99.7 Å². The molecule has 1 aromatic heterocycles. The Balaban J connectivity index is 1.94. The highest BCUT2D eigenvalue weighted by Crippen LogP contribution is 2.42. The van der Waals surface area contributed by atoms with Gasteiger partial charge in [0.1, 0.15) is 17.3 Å². The molecule has 0 saturated carbocycles. The Morgan fingerprint density at radius 2 is 1.84 bits per heavy atom.